The molecule has 0 amide bonds. The van der Waals surface area contributed by atoms with Crippen LogP contribution in [-0.4, -0.2) is 26.9 Å². The molecule has 2 rings (SSSR count). The fraction of sp³-hybridized carbons (Fsp3) is 0.647. The molecule has 0 N–H and O–H groups in total. The molecule has 0 atom stereocenters. The Bertz CT molecular complexity index is 506. The first-order chi connectivity index (χ1) is 10.2. The normalized spacial score (nSPS) is 17.4. The zero-order valence-corrected chi connectivity index (χ0v) is 17.2. The van der Waals surface area contributed by atoms with Gasteiger partial charge in [0.2, 0.25) is 0 Å². The van der Waals surface area contributed by atoms with Crippen LogP contribution < -0.4 is 9.16 Å². The largest absolute Gasteiger partial charge is 0.541 e. The molecule has 1 aromatic carbocycles. The highest BCUT2D eigenvalue weighted by atomic mass is 32.2. The van der Waals surface area contributed by atoms with Crippen molar-refractivity contribution in [2.24, 2.45) is 0 Å². The van der Waals surface area contributed by atoms with Crippen molar-refractivity contribution in [2.45, 2.75) is 49.9 Å². The zero-order valence-electron chi connectivity index (χ0n) is 14.6. The molecular weight excluding hydrogens is 328 g/mol. The summed E-state index contributed by atoms with van der Waals surface area (Å²) in [6.07, 6.45) is 1.31. The van der Waals surface area contributed by atoms with Gasteiger partial charge in [-0.1, -0.05) is 26.8 Å². The Morgan fingerprint density at radius 3 is 2.27 bits per heavy atom. The lowest BCUT2D eigenvalue weighted by molar-refractivity contribution is 0.385. The summed E-state index contributed by atoms with van der Waals surface area (Å²) >= 11 is 4.08. The molecule has 0 bridgehead atoms. The van der Waals surface area contributed by atoms with Gasteiger partial charge in [-0.3, -0.25) is 0 Å². The number of hydrogen-bond acceptors (Lipinski definition) is 4. The fourth-order valence-electron chi connectivity index (χ4n) is 2.03. The van der Waals surface area contributed by atoms with Gasteiger partial charge < -0.3 is 9.16 Å². The van der Waals surface area contributed by atoms with Crippen LogP contribution in [0.5, 0.6) is 11.5 Å². The van der Waals surface area contributed by atoms with Gasteiger partial charge in [-0.2, -0.15) is 0 Å². The van der Waals surface area contributed by atoms with Gasteiger partial charge in [0.15, 0.2) is 5.75 Å². The molecule has 1 heterocycles. The summed E-state index contributed by atoms with van der Waals surface area (Å²) in [6, 6.07) is 6.45. The van der Waals surface area contributed by atoms with Gasteiger partial charge in [-0.25, -0.2) is 0 Å². The lowest BCUT2D eigenvalue weighted by atomic mass is 10.2. The van der Waals surface area contributed by atoms with Crippen molar-refractivity contribution >= 4 is 31.8 Å². The molecule has 1 aliphatic heterocycles. The summed E-state index contributed by atoms with van der Waals surface area (Å²) in [5.74, 6) is 4.27. The SMILES string of the molecule is COc1ccc(C2SCCCS2)cc1O[Si](C)(C)C(C)(C)C. The van der Waals surface area contributed by atoms with Crippen molar-refractivity contribution in [3.8, 4) is 11.5 Å². The summed E-state index contributed by atoms with van der Waals surface area (Å²) < 4.78 is 12.6. The lowest BCUT2D eigenvalue weighted by Gasteiger charge is -2.37. The minimum atomic E-state index is -1.86. The standard InChI is InChI=1S/C17H28O2S2Si/c1-17(2,3)22(5,6)19-15-12-13(8-9-14(15)18-4)16-20-10-7-11-21-16/h8-9,12,16H,7,10-11H2,1-6H3. The molecule has 1 saturated heterocycles. The van der Waals surface area contributed by atoms with Crippen LogP contribution in [0.1, 0.15) is 37.3 Å². The first-order valence-corrected chi connectivity index (χ1v) is 12.9. The van der Waals surface area contributed by atoms with E-state index in [1.807, 2.05) is 23.5 Å². The molecule has 124 valence electrons. The Labute approximate surface area is 144 Å². The van der Waals surface area contributed by atoms with Crippen LogP contribution in [0.2, 0.25) is 18.1 Å². The van der Waals surface area contributed by atoms with Gasteiger partial charge in [0, 0.05) is 0 Å². The summed E-state index contributed by atoms with van der Waals surface area (Å²) in [5.41, 5.74) is 1.35. The van der Waals surface area contributed by atoms with Crippen LogP contribution in [0.25, 0.3) is 0 Å². The molecule has 22 heavy (non-hydrogen) atoms. The lowest BCUT2D eigenvalue weighted by Crippen LogP contribution is -2.43. The van der Waals surface area contributed by atoms with Crippen LogP contribution in [-0.2, 0) is 0 Å². The second-order valence-corrected chi connectivity index (χ2v) is 14.6. The van der Waals surface area contributed by atoms with Crippen LogP contribution in [0.15, 0.2) is 18.2 Å². The third-order valence-corrected chi connectivity index (χ3v) is 11.8. The highest BCUT2D eigenvalue weighted by molar-refractivity contribution is 8.16. The molecular formula is C17H28O2S2Si. The highest BCUT2D eigenvalue weighted by Crippen LogP contribution is 2.46. The van der Waals surface area contributed by atoms with Crippen molar-refractivity contribution in [3.63, 3.8) is 0 Å². The summed E-state index contributed by atoms with van der Waals surface area (Å²) in [6.45, 7) is 11.4. The van der Waals surface area contributed by atoms with E-state index < -0.39 is 8.32 Å². The molecule has 1 fully saturated rings. The summed E-state index contributed by atoms with van der Waals surface area (Å²) in [4.78, 5) is 0. The molecule has 0 aliphatic carbocycles. The predicted molar refractivity (Wildman–Crippen MR) is 103 cm³/mol. The Hall–Kier alpha value is -0.263. The topological polar surface area (TPSA) is 18.5 Å². The van der Waals surface area contributed by atoms with Crippen LogP contribution >= 0.6 is 23.5 Å². The van der Waals surface area contributed by atoms with Gasteiger partial charge in [-0.15, -0.1) is 23.5 Å². The van der Waals surface area contributed by atoms with Crippen LogP contribution in [0.3, 0.4) is 0 Å². The van der Waals surface area contributed by atoms with Crippen molar-refractivity contribution in [2.75, 3.05) is 18.6 Å². The van der Waals surface area contributed by atoms with Crippen molar-refractivity contribution in [1.29, 1.82) is 0 Å². The zero-order chi connectivity index (χ0) is 16.4. The Morgan fingerprint density at radius 2 is 1.73 bits per heavy atom. The molecule has 1 aliphatic rings. The van der Waals surface area contributed by atoms with Crippen molar-refractivity contribution in [1.82, 2.24) is 0 Å². The quantitative estimate of drug-likeness (QED) is 0.620. The maximum absolute atomic E-state index is 6.52. The van der Waals surface area contributed by atoms with E-state index >= 15 is 0 Å². The number of hydrogen-bond donors (Lipinski definition) is 0. The third-order valence-electron chi connectivity index (χ3n) is 4.46. The molecule has 0 spiro atoms. The molecule has 0 saturated carbocycles. The second kappa shape index (κ2) is 7.10. The molecule has 1 aromatic rings. The fourth-order valence-corrected chi connectivity index (χ4v) is 5.92. The van der Waals surface area contributed by atoms with E-state index in [9.17, 15) is 0 Å². The first kappa shape index (κ1) is 18.1. The Kier molecular flexibility index (Phi) is 5.83. The second-order valence-electron chi connectivity index (χ2n) is 7.20. The van der Waals surface area contributed by atoms with E-state index in [-0.39, 0.29) is 5.04 Å². The van der Waals surface area contributed by atoms with E-state index in [1.165, 1.54) is 23.5 Å². The Morgan fingerprint density at radius 1 is 1.09 bits per heavy atom. The summed E-state index contributed by atoms with van der Waals surface area (Å²) in [5, 5.41) is 0.183. The molecule has 0 radical (unpaired) electrons. The predicted octanol–water partition coefficient (Wildman–Crippen LogP) is 5.95. The van der Waals surface area contributed by atoms with Gasteiger partial charge >= 0.3 is 0 Å². The maximum Gasteiger partial charge on any atom is 0.250 e. The molecule has 0 aromatic heterocycles. The minimum Gasteiger partial charge on any atom is -0.541 e. The maximum atomic E-state index is 6.52. The molecule has 5 heteroatoms. The van der Waals surface area contributed by atoms with Gasteiger partial charge in [0.1, 0.15) is 5.75 Å². The average Bonchev–Trinajstić information content (AvgIpc) is 2.46. The monoisotopic (exact) mass is 356 g/mol. The van der Waals surface area contributed by atoms with Gasteiger partial charge in [0.25, 0.3) is 8.32 Å². The van der Waals surface area contributed by atoms with Gasteiger partial charge in [-0.05, 0) is 53.8 Å². The van der Waals surface area contributed by atoms with Crippen LogP contribution in [0, 0.1) is 0 Å². The molecule has 0 unspecified atom stereocenters. The van der Waals surface area contributed by atoms with Crippen LogP contribution in [0.4, 0.5) is 0 Å². The number of thioether (sulfide) groups is 2. The number of rotatable bonds is 4. The first-order valence-electron chi connectivity index (χ1n) is 7.85. The summed E-state index contributed by atoms with van der Waals surface area (Å²) in [7, 11) is -0.140. The van der Waals surface area contributed by atoms with E-state index in [0.717, 1.165) is 11.5 Å². The van der Waals surface area contributed by atoms with E-state index in [4.69, 9.17) is 9.16 Å². The van der Waals surface area contributed by atoms with E-state index in [1.54, 1.807) is 7.11 Å². The van der Waals surface area contributed by atoms with Crippen molar-refractivity contribution in [3.05, 3.63) is 23.8 Å². The van der Waals surface area contributed by atoms with Crippen molar-refractivity contribution < 1.29 is 9.16 Å². The smallest absolute Gasteiger partial charge is 0.250 e. The average molecular weight is 357 g/mol. The number of benzene rings is 1. The highest BCUT2D eigenvalue weighted by Gasteiger charge is 2.39. The van der Waals surface area contributed by atoms with E-state index in [2.05, 4.69) is 52.1 Å². The number of ether oxygens (including phenoxy) is 1. The molecule has 2 nitrogen and oxygen atoms in total. The minimum absolute atomic E-state index is 0.183. The van der Waals surface area contributed by atoms with E-state index in [0.29, 0.717) is 4.58 Å². The number of methoxy groups -OCH3 is 1. The van der Waals surface area contributed by atoms with Gasteiger partial charge in [0.05, 0.1) is 11.7 Å². The third kappa shape index (κ3) is 4.18. The Balaban J connectivity index is 2.28.